The van der Waals surface area contributed by atoms with Crippen molar-refractivity contribution in [3.63, 3.8) is 0 Å². The van der Waals surface area contributed by atoms with Crippen molar-refractivity contribution in [3.8, 4) is 5.69 Å². The maximum atomic E-state index is 14.0. The molecule has 140 valence electrons. The molecule has 0 aliphatic heterocycles. The third-order valence-corrected chi connectivity index (χ3v) is 6.13. The van der Waals surface area contributed by atoms with E-state index in [4.69, 9.17) is 0 Å². The van der Waals surface area contributed by atoms with E-state index >= 15 is 0 Å². The second-order valence-corrected chi connectivity index (χ2v) is 8.04. The van der Waals surface area contributed by atoms with E-state index in [9.17, 15) is 4.39 Å². The molecule has 6 heteroatoms. The van der Waals surface area contributed by atoms with Crippen molar-refractivity contribution in [2.75, 3.05) is 0 Å². The molecule has 3 nitrogen and oxygen atoms in total. The van der Waals surface area contributed by atoms with Gasteiger partial charge in [-0.05, 0) is 35.9 Å². The zero-order valence-corrected chi connectivity index (χ0v) is 16.7. The Balaban J connectivity index is 1.59. The highest BCUT2D eigenvalue weighted by molar-refractivity contribution is 7.98. The number of aromatic nitrogens is 3. The highest BCUT2D eigenvalue weighted by atomic mass is 32.2. The summed E-state index contributed by atoms with van der Waals surface area (Å²) in [6.45, 7) is 0. The Labute approximate surface area is 172 Å². The number of rotatable bonds is 7. The number of hydrogen-bond donors (Lipinski definition) is 0. The monoisotopic (exact) mass is 407 g/mol. The number of para-hydroxylation sites is 1. The van der Waals surface area contributed by atoms with E-state index in [0.29, 0.717) is 17.1 Å². The topological polar surface area (TPSA) is 30.7 Å². The summed E-state index contributed by atoms with van der Waals surface area (Å²) in [5.41, 5.74) is 1.67. The molecule has 0 radical (unpaired) electrons. The minimum absolute atomic E-state index is 0.194. The summed E-state index contributed by atoms with van der Waals surface area (Å²) >= 11 is 3.21. The molecule has 0 fully saturated rings. The molecule has 0 N–H and O–H groups in total. The highest BCUT2D eigenvalue weighted by Gasteiger charge is 2.15. The zero-order chi connectivity index (χ0) is 19.2. The van der Waals surface area contributed by atoms with Crippen LogP contribution >= 0.6 is 23.5 Å². The second-order valence-electron chi connectivity index (χ2n) is 6.05. The van der Waals surface area contributed by atoms with E-state index in [1.807, 2.05) is 54.6 Å². The average Bonchev–Trinajstić information content (AvgIpc) is 3.16. The normalized spacial score (nSPS) is 10.9. The lowest BCUT2D eigenvalue weighted by Crippen LogP contribution is -2.02. The Bertz CT molecular complexity index is 1040. The lowest BCUT2D eigenvalue weighted by atomic mass is 10.2. The van der Waals surface area contributed by atoms with E-state index in [-0.39, 0.29) is 5.82 Å². The fourth-order valence-corrected chi connectivity index (χ4v) is 4.54. The van der Waals surface area contributed by atoms with Crippen molar-refractivity contribution in [2.45, 2.75) is 21.6 Å². The molecule has 0 saturated carbocycles. The van der Waals surface area contributed by atoms with Gasteiger partial charge in [-0.3, -0.25) is 4.57 Å². The molecule has 0 bridgehead atoms. The molecule has 0 saturated heterocycles. The predicted molar refractivity (Wildman–Crippen MR) is 113 cm³/mol. The minimum Gasteiger partial charge on any atom is -0.273 e. The van der Waals surface area contributed by atoms with Gasteiger partial charge in [-0.1, -0.05) is 66.4 Å². The fourth-order valence-electron chi connectivity index (χ4n) is 2.75. The van der Waals surface area contributed by atoms with Gasteiger partial charge in [-0.2, -0.15) is 0 Å². The molecule has 0 aliphatic carbocycles. The molecule has 0 unspecified atom stereocenters. The molecule has 3 aromatic carbocycles. The van der Waals surface area contributed by atoms with Crippen molar-refractivity contribution in [1.82, 2.24) is 14.8 Å². The van der Waals surface area contributed by atoms with E-state index in [1.165, 1.54) is 22.7 Å². The quantitative estimate of drug-likeness (QED) is 0.352. The van der Waals surface area contributed by atoms with Crippen LogP contribution in [0.15, 0.2) is 95.0 Å². The first-order valence-corrected chi connectivity index (χ1v) is 10.8. The maximum absolute atomic E-state index is 14.0. The molecule has 4 rings (SSSR count). The van der Waals surface area contributed by atoms with E-state index in [0.717, 1.165) is 16.7 Å². The smallest absolute Gasteiger partial charge is 0.196 e. The van der Waals surface area contributed by atoms with Crippen LogP contribution in [0.2, 0.25) is 0 Å². The largest absolute Gasteiger partial charge is 0.273 e. The lowest BCUT2D eigenvalue weighted by Gasteiger charge is -2.10. The SMILES string of the molecule is Fc1ccccc1CSc1nnc(CSc2ccccc2)n1-c1ccccc1. The first kappa shape index (κ1) is 18.8. The van der Waals surface area contributed by atoms with Crippen molar-refractivity contribution >= 4 is 23.5 Å². The van der Waals surface area contributed by atoms with Crippen LogP contribution in [0.3, 0.4) is 0 Å². The van der Waals surface area contributed by atoms with Crippen molar-refractivity contribution in [1.29, 1.82) is 0 Å². The Morgan fingerprint density at radius 2 is 1.39 bits per heavy atom. The zero-order valence-electron chi connectivity index (χ0n) is 15.0. The average molecular weight is 408 g/mol. The third kappa shape index (κ3) is 4.46. The second kappa shape index (κ2) is 9.08. The Morgan fingerprint density at radius 3 is 2.14 bits per heavy atom. The molecule has 0 atom stereocenters. The van der Waals surface area contributed by atoms with Gasteiger partial charge in [-0.25, -0.2) is 4.39 Å². The first-order valence-electron chi connectivity index (χ1n) is 8.85. The highest BCUT2D eigenvalue weighted by Crippen LogP contribution is 2.29. The fraction of sp³-hybridized carbons (Fsp3) is 0.0909. The lowest BCUT2D eigenvalue weighted by molar-refractivity contribution is 0.617. The summed E-state index contributed by atoms with van der Waals surface area (Å²) in [6.07, 6.45) is 0. The van der Waals surface area contributed by atoms with Crippen LogP contribution in [0.5, 0.6) is 0 Å². The van der Waals surface area contributed by atoms with Gasteiger partial charge in [-0.15, -0.1) is 22.0 Å². The predicted octanol–water partition coefficient (Wildman–Crippen LogP) is 5.99. The van der Waals surface area contributed by atoms with Gasteiger partial charge >= 0.3 is 0 Å². The van der Waals surface area contributed by atoms with Gasteiger partial charge < -0.3 is 0 Å². The molecule has 28 heavy (non-hydrogen) atoms. The van der Waals surface area contributed by atoms with Crippen LogP contribution in [0.4, 0.5) is 4.39 Å². The summed E-state index contributed by atoms with van der Waals surface area (Å²) in [5.74, 6) is 1.88. The Kier molecular flexibility index (Phi) is 6.09. The van der Waals surface area contributed by atoms with Crippen LogP contribution < -0.4 is 0 Å². The number of nitrogens with zero attached hydrogens (tertiary/aromatic N) is 3. The van der Waals surface area contributed by atoms with E-state index < -0.39 is 0 Å². The molecule has 1 aromatic heterocycles. The van der Waals surface area contributed by atoms with Crippen LogP contribution in [-0.4, -0.2) is 14.8 Å². The van der Waals surface area contributed by atoms with E-state index in [1.54, 1.807) is 23.9 Å². The summed E-state index contributed by atoms with van der Waals surface area (Å²) in [5, 5.41) is 9.57. The van der Waals surface area contributed by atoms with Gasteiger partial charge in [0.15, 0.2) is 5.16 Å². The van der Waals surface area contributed by atoms with Crippen molar-refractivity contribution in [2.24, 2.45) is 0 Å². The van der Waals surface area contributed by atoms with E-state index in [2.05, 4.69) is 26.9 Å². The van der Waals surface area contributed by atoms with Crippen molar-refractivity contribution < 1.29 is 4.39 Å². The van der Waals surface area contributed by atoms with Crippen molar-refractivity contribution in [3.05, 3.63) is 102 Å². The van der Waals surface area contributed by atoms with Crippen LogP contribution in [0.1, 0.15) is 11.4 Å². The standard InChI is InChI=1S/C22H18FN3S2/c23-20-14-8-7-9-17(20)15-28-22-25-24-21(16-27-19-12-5-2-6-13-19)26(22)18-10-3-1-4-11-18/h1-14H,15-16H2. The molecule has 0 aliphatic rings. The van der Waals surface area contributed by atoms with Crippen LogP contribution in [0, 0.1) is 5.82 Å². The summed E-state index contributed by atoms with van der Waals surface area (Å²) < 4.78 is 16.0. The Morgan fingerprint density at radius 1 is 0.714 bits per heavy atom. The Hall–Kier alpha value is -2.57. The maximum Gasteiger partial charge on any atom is 0.196 e. The minimum atomic E-state index is -0.194. The molecule has 1 heterocycles. The number of hydrogen-bond acceptors (Lipinski definition) is 4. The van der Waals surface area contributed by atoms with Crippen LogP contribution in [-0.2, 0) is 11.5 Å². The third-order valence-electron chi connectivity index (χ3n) is 4.14. The molecule has 0 spiro atoms. The van der Waals surface area contributed by atoms with Gasteiger partial charge in [0.05, 0.1) is 5.75 Å². The first-order chi connectivity index (χ1) is 13.8. The van der Waals surface area contributed by atoms with Gasteiger partial charge in [0.25, 0.3) is 0 Å². The molecule has 0 amide bonds. The van der Waals surface area contributed by atoms with Gasteiger partial charge in [0.2, 0.25) is 0 Å². The summed E-state index contributed by atoms with van der Waals surface area (Å²) in [6, 6.07) is 27.1. The number of benzene rings is 3. The van der Waals surface area contributed by atoms with Crippen LogP contribution in [0.25, 0.3) is 5.69 Å². The number of thioether (sulfide) groups is 2. The summed E-state index contributed by atoms with van der Waals surface area (Å²) in [7, 11) is 0. The van der Waals surface area contributed by atoms with Gasteiger partial charge in [0, 0.05) is 16.3 Å². The van der Waals surface area contributed by atoms with Gasteiger partial charge in [0.1, 0.15) is 11.6 Å². The summed E-state index contributed by atoms with van der Waals surface area (Å²) in [4.78, 5) is 1.19. The molecular formula is C22H18FN3S2. The molecule has 4 aromatic rings. The molecular weight excluding hydrogens is 389 g/mol. The number of halogens is 1.